The van der Waals surface area contributed by atoms with Crippen molar-refractivity contribution in [3.8, 4) is 0 Å². The lowest BCUT2D eigenvalue weighted by Crippen LogP contribution is -2.46. The highest BCUT2D eigenvalue weighted by Crippen LogP contribution is 2.61. The first-order valence-electron chi connectivity index (χ1n) is 25.5. The van der Waals surface area contributed by atoms with Crippen LogP contribution >= 0.6 is 35.2 Å². The molecule has 24 nitrogen and oxygen atoms in total. The molecule has 73 heavy (non-hydrogen) atoms. The van der Waals surface area contributed by atoms with Crippen molar-refractivity contribution in [2.24, 2.45) is 11.3 Å². The number of nitrogens with zero attached hydrogens (tertiary/aromatic N) is 4. The number of unbranched alkanes of at least 4 members (excludes halogenated alkanes) is 17. The molecule has 0 saturated carbocycles. The molecule has 2 aromatic heterocycles. The molecule has 28 heteroatoms. The van der Waals surface area contributed by atoms with Crippen LogP contribution < -0.4 is 16.4 Å². The summed E-state index contributed by atoms with van der Waals surface area (Å²) in [6, 6.07) is 0. The number of aliphatic hydroxyl groups excluding tert-OH is 2. The number of nitrogens with two attached hydrogens (primary N) is 1. The first-order chi connectivity index (χ1) is 34.4. The highest BCUT2D eigenvalue weighted by Gasteiger charge is 2.50. The number of nitrogen functional groups attached to an aromatic ring is 1. The van der Waals surface area contributed by atoms with Crippen molar-refractivity contribution in [1.82, 2.24) is 30.2 Å². The van der Waals surface area contributed by atoms with Crippen molar-refractivity contribution in [3.63, 3.8) is 0 Å². The molecule has 1 aliphatic rings. The topological polar surface area (TPSA) is 364 Å². The zero-order valence-corrected chi connectivity index (χ0v) is 46.3. The number of aromatic nitrogens is 4. The molecule has 0 bridgehead atoms. The molecule has 1 fully saturated rings. The Kier molecular flexibility index (Phi) is 29.3. The minimum Gasteiger partial charge on any atom is -0.386 e. The molecule has 420 valence electrons. The largest absolute Gasteiger partial charge is 0.481 e. The lowest BCUT2D eigenvalue weighted by atomic mass is 9.87. The third-order valence-corrected chi connectivity index (χ3v) is 16.2. The first-order valence-corrected chi connectivity index (χ1v) is 31.0. The van der Waals surface area contributed by atoms with E-state index < -0.39 is 84.6 Å². The normalized spacial score (nSPS) is 19.5. The van der Waals surface area contributed by atoms with Gasteiger partial charge in [-0.2, -0.15) is 4.31 Å². The standard InChI is InChI=1S/C45H82N7O17P3S/c1-33(2)23-21-19-17-15-13-11-9-7-5-6-8-10-12-14-16-18-20-22-24-36(54)73-28-27-47-35(53)25-26-48-43(57)40(56)45(3,4)30-66-72(63,64)69-71(61,62)65-29-34-39(68-70(58,59)60)38(55)44(67-34)52-32-51-37-41(46)49-31-50-42(37)52/h31-34,38-40,44,55-56H,5-30H2,1-4H3,(H,47,53)(H,48,57)(H,61,62)(H,63,64)(H2,46,49,50)(H2,58,59,60). The van der Waals surface area contributed by atoms with E-state index in [0.717, 1.165) is 54.2 Å². The minimum absolute atomic E-state index is 0.0344. The number of hydrogen-bond donors (Lipinski definition) is 9. The van der Waals surface area contributed by atoms with E-state index in [-0.39, 0.29) is 41.6 Å². The maximum Gasteiger partial charge on any atom is 0.481 e. The molecule has 0 spiro atoms. The molecular formula is C45H82N7O17P3S. The van der Waals surface area contributed by atoms with Gasteiger partial charge in [-0.25, -0.2) is 28.6 Å². The van der Waals surface area contributed by atoms with Crippen molar-refractivity contribution < 1.29 is 80.5 Å². The van der Waals surface area contributed by atoms with Gasteiger partial charge < -0.3 is 50.9 Å². The number of imidazole rings is 1. The molecule has 2 amide bonds. The van der Waals surface area contributed by atoms with E-state index in [1.165, 1.54) is 117 Å². The molecule has 1 saturated heterocycles. The summed E-state index contributed by atoms with van der Waals surface area (Å²) >= 11 is 1.16. The van der Waals surface area contributed by atoms with Crippen molar-refractivity contribution in [2.75, 3.05) is 37.8 Å². The number of thioether (sulfide) groups is 1. The third-order valence-electron chi connectivity index (χ3n) is 12.2. The summed E-state index contributed by atoms with van der Waals surface area (Å²) in [6.07, 6.45) is 18.1. The van der Waals surface area contributed by atoms with Crippen LogP contribution in [-0.2, 0) is 50.7 Å². The second-order valence-corrected chi connectivity index (χ2v) is 25.0. The van der Waals surface area contributed by atoms with Gasteiger partial charge in [-0.15, -0.1) is 0 Å². The molecule has 3 rings (SSSR count). The number of aliphatic hydroxyl groups is 2. The van der Waals surface area contributed by atoms with E-state index in [4.69, 9.17) is 19.5 Å². The Morgan fingerprint density at radius 1 is 0.795 bits per heavy atom. The Bertz CT molecular complexity index is 2120. The van der Waals surface area contributed by atoms with Crippen LogP contribution in [0.1, 0.15) is 169 Å². The maximum atomic E-state index is 12.8. The smallest absolute Gasteiger partial charge is 0.386 e. The Morgan fingerprint density at radius 2 is 1.34 bits per heavy atom. The van der Waals surface area contributed by atoms with Crippen LogP contribution in [0, 0.1) is 11.3 Å². The number of phosphoric ester groups is 3. The minimum atomic E-state index is -5.58. The Hall–Kier alpha value is -2.44. The van der Waals surface area contributed by atoms with Crippen molar-refractivity contribution >= 4 is 69.1 Å². The van der Waals surface area contributed by atoms with E-state index in [0.29, 0.717) is 12.2 Å². The number of ether oxygens (including phenoxy) is 1. The van der Waals surface area contributed by atoms with E-state index in [2.05, 4.69) is 48.3 Å². The number of fused-ring (bicyclic) bond motifs is 1. The fraction of sp³-hybridized carbons (Fsp3) is 0.822. The van der Waals surface area contributed by atoms with Gasteiger partial charge in [0.15, 0.2) is 22.8 Å². The number of carbonyl (C=O) groups excluding carboxylic acids is 3. The number of carbonyl (C=O) groups is 3. The molecule has 3 heterocycles. The first kappa shape index (κ1) is 64.8. The summed E-state index contributed by atoms with van der Waals surface area (Å²) in [5.74, 6) is -0.184. The van der Waals surface area contributed by atoms with Crippen LogP contribution in [0.5, 0.6) is 0 Å². The van der Waals surface area contributed by atoms with E-state index >= 15 is 0 Å². The number of hydrogen-bond acceptors (Lipinski definition) is 18. The van der Waals surface area contributed by atoms with Gasteiger partial charge in [0.1, 0.15) is 36.3 Å². The van der Waals surface area contributed by atoms with Gasteiger partial charge in [0.2, 0.25) is 11.8 Å². The van der Waals surface area contributed by atoms with Crippen molar-refractivity contribution in [2.45, 2.75) is 193 Å². The molecule has 10 N–H and O–H groups in total. The summed E-state index contributed by atoms with van der Waals surface area (Å²) in [6.45, 7) is 5.19. The SMILES string of the molecule is CC(C)CCCCCCCCCCCCCCCCCCCCC(=O)SCCNC(=O)CCNC(=O)C(O)C(C)(C)COP(=O)(O)OP(=O)(O)OCC1OC(n2cnc3c(N)ncnc32)C(O)C1OP(=O)(O)O. The molecule has 2 aromatic rings. The lowest BCUT2D eigenvalue weighted by molar-refractivity contribution is -0.137. The van der Waals surface area contributed by atoms with Crippen molar-refractivity contribution in [3.05, 3.63) is 12.7 Å². The summed E-state index contributed by atoms with van der Waals surface area (Å²) in [5.41, 5.74) is 4.30. The van der Waals surface area contributed by atoms with E-state index in [9.17, 15) is 57.9 Å². The van der Waals surface area contributed by atoms with Gasteiger partial charge in [0.05, 0.1) is 19.5 Å². The van der Waals surface area contributed by atoms with Crippen LogP contribution in [0.3, 0.4) is 0 Å². The highest BCUT2D eigenvalue weighted by atomic mass is 32.2. The zero-order valence-electron chi connectivity index (χ0n) is 42.8. The fourth-order valence-corrected chi connectivity index (χ4v) is 11.6. The highest BCUT2D eigenvalue weighted by molar-refractivity contribution is 8.13. The van der Waals surface area contributed by atoms with E-state index in [1.807, 2.05) is 0 Å². The monoisotopic (exact) mass is 1120 g/mol. The average Bonchev–Trinajstić information content (AvgIpc) is 3.87. The molecule has 7 atom stereocenters. The summed E-state index contributed by atoms with van der Waals surface area (Å²) < 4.78 is 62.5. The van der Waals surface area contributed by atoms with Crippen molar-refractivity contribution in [1.29, 1.82) is 0 Å². The fourth-order valence-electron chi connectivity index (χ4n) is 8.02. The Labute approximate surface area is 433 Å². The number of amides is 2. The van der Waals surface area contributed by atoms with Crippen LogP contribution in [0.25, 0.3) is 11.2 Å². The molecule has 0 aromatic carbocycles. The predicted molar refractivity (Wildman–Crippen MR) is 274 cm³/mol. The molecule has 7 unspecified atom stereocenters. The maximum absolute atomic E-state index is 12.8. The predicted octanol–water partition coefficient (Wildman–Crippen LogP) is 7.12. The second-order valence-electron chi connectivity index (χ2n) is 19.6. The number of anilines is 1. The molecule has 1 aliphatic heterocycles. The van der Waals surface area contributed by atoms with Crippen LogP contribution in [0.2, 0.25) is 0 Å². The summed E-state index contributed by atoms with van der Waals surface area (Å²) in [7, 11) is -16.4. The average molecular weight is 1120 g/mol. The van der Waals surface area contributed by atoms with Crippen LogP contribution in [0.4, 0.5) is 5.82 Å². The van der Waals surface area contributed by atoms with E-state index in [1.54, 1.807) is 0 Å². The summed E-state index contributed by atoms with van der Waals surface area (Å²) in [4.78, 5) is 88.6. The van der Waals surface area contributed by atoms with Gasteiger partial charge in [-0.1, -0.05) is 155 Å². The lowest BCUT2D eigenvalue weighted by Gasteiger charge is -2.30. The molecule has 0 aliphatic carbocycles. The van der Waals surface area contributed by atoms with Gasteiger partial charge in [-0.05, 0) is 12.3 Å². The van der Waals surface area contributed by atoms with Gasteiger partial charge >= 0.3 is 23.5 Å². The summed E-state index contributed by atoms with van der Waals surface area (Å²) in [5, 5.41) is 26.7. The number of phosphoric acid groups is 3. The third kappa shape index (κ3) is 26.0. The number of rotatable bonds is 40. The van der Waals surface area contributed by atoms with Gasteiger partial charge in [0, 0.05) is 37.1 Å². The molecule has 0 radical (unpaired) electrons. The Morgan fingerprint density at radius 3 is 1.90 bits per heavy atom. The zero-order chi connectivity index (χ0) is 54.1. The number of nitrogens with one attached hydrogen (secondary N) is 2. The molecular weight excluding hydrogens is 1040 g/mol. The Balaban J connectivity index is 1.22. The quantitative estimate of drug-likeness (QED) is 0.0237. The second kappa shape index (κ2) is 33.0. The van der Waals surface area contributed by atoms with Crippen LogP contribution in [-0.4, -0.2) is 123 Å². The van der Waals surface area contributed by atoms with Gasteiger partial charge in [-0.3, -0.25) is 32.5 Å². The van der Waals surface area contributed by atoms with Gasteiger partial charge in [0.25, 0.3) is 0 Å². The van der Waals surface area contributed by atoms with Crippen LogP contribution in [0.15, 0.2) is 12.7 Å².